The molecule has 2 aromatic carbocycles. The zero-order valence-electron chi connectivity index (χ0n) is 21.4. The van der Waals surface area contributed by atoms with Gasteiger partial charge in [0.1, 0.15) is 10.9 Å². The maximum atomic E-state index is 13.4. The fraction of sp³-hybridized carbons (Fsp3) is 0.241. The van der Waals surface area contributed by atoms with Crippen LogP contribution in [-0.2, 0) is 19.5 Å². The normalized spacial score (nSPS) is 14.1. The van der Waals surface area contributed by atoms with Gasteiger partial charge in [0.25, 0.3) is 0 Å². The number of aromatic nitrogens is 2. The van der Waals surface area contributed by atoms with Crippen molar-refractivity contribution < 1.29 is 22.7 Å². The summed E-state index contributed by atoms with van der Waals surface area (Å²) in [5.41, 5.74) is 4.86. The molecule has 0 spiro atoms. The van der Waals surface area contributed by atoms with Gasteiger partial charge in [0.15, 0.2) is 0 Å². The van der Waals surface area contributed by atoms with Crippen LogP contribution in [0.5, 0.6) is 5.75 Å². The van der Waals surface area contributed by atoms with E-state index in [2.05, 4.69) is 19.9 Å². The van der Waals surface area contributed by atoms with Crippen LogP contribution in [0.25, 0.3) is 17.0 Å². The van der Waals surface area contributed by atoms with Crippen molar-refractivity contribution in [3.8, 4) is 5.75 Å². The maximum absolute atomic E-state index is 13.4. The first-order chi connectivity index (χ1) is 19.1. The number of nitrogens with one attached hydrogen (secondary N) is 1. The third kappa shape index (κ3) is 6.43. The smallest absolute Gasteiger partial charge is 0.406 e. The summed E-state index contributed by atoms with van der Waals surface area (Å²) in [5.74, 6) is -0.332. The summed E-state index contributed by atoms with van der Waals surface area (Å²) in [6, 6.07) is 12.9. The molecule has 11 heteroatoms. The Labute approximate surface area is 239 Å². The third-order valence-electron chi connectivity index (χ3n) is 6.73. The first kappa shape index (κ1) is 28.0. The number of hydrogen-bond donors (Lipinski definition) is 1. The second-order valence-electron chi connectivity index (χ2n) is 9.53. The Morgan fingerprint density at radius 1 is 1.15 bits per heavy atom. The van der Waals surface area contributed by atoms with Crippen molar-refractivity contribution in [3.63, 3.8) is 0 Å². The van der Waals surface area contributed by atoms with E-state index in [0.29, 0.717) is 47.1 Å². The number of carbonyl (C=O) groups is 1. The molecule has 1 aliphatic rings. The number of pyridine rings is 1. The molecule has 2 aromatic heterocycles. The highest BCUT2D eigenvalue weighted by molar-refractivity contribution is 6.31. The third-order valence-corrected chi connectivity index (χ3v) is 7.36. The zero-order chi connectivity index (χ0) is 28.4. The van der Waals surface area contributed by atoms with Gasteiger partial charge in [-0.3, -0.25) is 9.47 Å². The quantitative estimate of drug-likeness (QED) is 0.239. The first-order valence-electron chi connectivity index (χ1n) is 12.5. The number of benzene rings is 2. The molecule has 1 N–H and O–H groups in total. The number of amides is 1. The molecule has 0 saturated heterocycles. The van der Waals surface area contributed by atoms with Gasteiger partial charge in [0.2, 0.25) is 0 Å². The van der Waals surface area contributed by atoms with E-state index in [1.54, 1.807) is 22.9 Å². The molecule has 4 aromatic rings. The molecule has 6 nitrogen and oxygen atoms in total. The van der Waals surface area contributed by atoms with E-state index in [4.69, 9.17) is 23.2 Å². The van der Waals surface area contributed by atoms with E-state index in [0.717, 1.165) is 27.9 Å². The van der Waals surface area contributed by atoms with Crippen LogP contribution in [0.2, 0.25) is 10.2 Å². The van der Waals surface area contributed by atoms with E-state index < -0.39 is 6.36 Å². The average molecular weight is 589 g/mol. The second-order valence-corrected chi connectivity index (χ2v) is 10.3. The highest BCUT2D eigenvalue weighted by Gasteiger charge is 2.32. The standard InChI is InChI=1S/C29H25Cl2F3N4O2/c1-18-13-19(4-6-24(18)30)3-2-11-37-12-9-26-23(17-37)22-15-21(40-29(32,33)34)5-7-25(22)38(26)28(39)36-16-20-8-10-35-27(31)14-20/h2-8,10,13-15H,9,11-12,16-17H2,1H3,(H,36,39)/b3-2+. The summed E-state index contributed by atoms with van der Waals surface area (Å²) in [6.45, 7) is 3.92. The van der Waals surface area contributed by atoms with Gasteiger partial charge in [-0.05, 0) is 65.6 Å². The van der Waals surface area contributed by atoms with Crippen molar-refractivity contribution in [3.05, 3.63) is 98.9 Å². The summed E-state index contributed by atoms with van der Waals surface area (Å²) < 4.78 is 44.6. The Hall–Kier alpha value is -3.53. The molecule has 0 atom stereocenters. The maximum Gasteiger partial charge on any atom is 0.573 e. The molecule has 1 amide bonds. The van der Waals surface area contributed by atoms with Gasteiger partial charge in [0, 0.05) is 54.9 Å². The highest BCUT2D eigenvalue weighted by atomic mass is 35.5. The van der Waals surface area contributed by atoms with E-state index in [1.807, 2.05) is 37.3 Å². The molecule has 0 bridgehead atoms. The number of nitrogens with zero attached hydrogens (tertiary/aromatic N) is 3. The summed E-state index contributed by atoms with van der Waals surface area (Å²) in [4.78, 5) is 19.5. The summed E-state index contributed by atoms with van der Waals surface area (Å²) in [6.07, 6.45) is 1.32. The topological polar surface area (TPSA) is 59.4 Å². The van der Waals surface area contributed by atoms with Gasteiger partial charge < -0.3 is 10.1 Å². The number of fused-ring (bicyclic) bond motifs is 3. The number of aryl methyl sites for hydroxylation is 1. The van der Waals surface area contributed by atoms with Crippen LogP contribution in [0.4, 0.5) is 18.0 Å². The Balaban J connectivity index is 1.42. The minimum atomic E-state index is -4.82. The van der Waals surface area contributed by atoms with Crippen LogP contribution in [0.3, 0.4) is 0 Å². The minimum absolute atomic E-state index is 0.214. The van der Waals surface area contributed by atoms with Crippen LogP contribution < -0.4 is 10.1 Å². The molecular weight excluding hydrogens is 564 g/mol. The van der Waals surface area contributed by atoms with Crippen LogP contribution in [0.1, 0.15) is 27.9 Å². The fourth-order valence-corrected chi connectivity index (χ4v) is 5.21. The molecule has 0 saturated carbocycles. The lowest BCUT2D eigenvalue weighted by atomic mass is 10.0. The Morgan fingerprint density at radius 2 is 1.98 bits per heavy atom. The molecular formula is C29H25Cl2F3N4O2. The summed E-state index contributed by atoms with van der Waals surface area (Å²) in [5, 5.41) is 4.45. The highest BCUT2D eigenvalue weighted by Crippen LogP contribution is 2.35. The lowest BCUT2D eigenvalue weighted by molar-refractivity contribution is -0.274. The van der Waals surface area contributed by atoms with E-state index in [9.17, 15) is 18.0 Å². The van der Waals surface area contributed by atoms with E-state index >= 15 is 0 Å². The van der Waals surface area contributed by atoms with Crippen molar-refractivity contribution in [2.75, 3.05) is 13.1 Å². The predicted molar refractivity (Wildman–Crippen MR) is 150 cm³/mol. The molecule has 0 aliphatic carbocycles. The summed E-state index contributed by atoms with van der Waals surface area (Å²) in [7, 11) is 0. The lowest BCUT2D eigenvalue weighted by Gasteiger charge is -2.27. The molecule has 1 aliphatic heterocycles. The Kier molecular flexibility index (Phi) is 8.07. The number of carbonyl (C=O) groups excluding carboxylic acids is 1. The van der Waals surface area contributed by atoms with Crippen molar-refractivity contribution in [1.29, 1.82) is 0 Å². The van der Waals surface area contributed by atoms with Crippen molar-refractivity contribution in [2.45, 2.75) is 32.8 Å². The Morgan fingerprint density at radius 3 is 2.73 bits per heavy atom. The first-order valence-corrected chi connectivity index (χ1v) is 13.3. The molecule has 0 fully saturated rings. The van der Waals surface area contributed by atoms with Gasteiger partial charge in [-0.1, -0.05) is 47.5 Å². The van der Waals surface area contributed by atoms with Crippen LogP contribution >= 0.6 is 23.2 Å². The largest absolute Gasteiger partial charge is 0.573 e. The lowest BCUT2D eigenvalue weighted by Crippen LogP contribution is -2.34. The monoisotopic (exact) mass is 588 g/mol. The molecule has 40 heavy (non-hydrogen) atoms. The fourth-order valence-electron chi connectivity index (χ4n) is 4.90. The van der Waals surface area contributed by atoms with Gasteiger partial charge in [-0.15, -0.1) is 13.2 Å². The SMILES string of the molecule is Cc1cc(/C=C/CN2CCc3c(c4cc(OC(F)(F)F)ccc4n3C(=O)NCc3ccnc(Cl)c3)C2)ccc1Cl. The predicted octanol–water partition coefficient (Wildman–Crippen LogP) is 7.38. The molecule has 3 heterocycles. The molecule has 0 unspecified atom stereocenters. The van der Waals surface area contributed by atoms with Crippen LogP contribution in [-0.4, -0.2) is 39.9 Å². The van der Waals surface area contributed by atoms with Crippen molar-refractivity contribution >= 4 is 46.2 Å². The average Bonchev–Trinajstić information content (AvgIpc) is 3.21. The molecule has 5 rings (SSSR count). The molecule has 208 valence electrons. The zero-order valence-corrected chi connectivity index (χ0v) is 22.9. The van der Waals surface area contributed by atoms with Gasteiger partial charge in [-0.2, -0.15) is 0 Å². The van der Waals surface area contributed by atoms with Crippen LogP contribution in [0, 0.1) is 6.92 Å². The van der Waals surface area contributed by atoms with Crippen LogP contribution in [0.15, 0.2) is 60.8 Å². The number of halogens is 5. The van der Waals surface area contributed by atoms with Crippen molar-refractivity contribution in [2.24, 2.45) is 0 Å². The Bertz CT molecular complexity index is 1600. The van der Waals surface area contributed by atoms with Gasteiger partial charge in [0.05, 0.1) is 5.52 Å². The number of rotatable bonds is 6. The number of alkyl halides is 3. The second kappa shape index (κ2) is 11.5. The summed E-state index contributed by atoms with van der Waals surface area (Å²) >= 11 is 12.1. The number of ether oxygens (including phenoxy) is 1. The van der Waals surface area contributed by atoms with E-state index in [1.165, 1.54) is 18.2 Å². The van der Waals surface area contributed by atoms with Gasteiger partial charge in [-0.25, -0.2) is 9.78 Å². The number of hydrogen-bond acceptors (Lipinski definition) is 4. The molecule has 0 radical (unpaired) electrons. The van der Waals surface area contributed by atoms with E-state index in [-0.39, 0.29) is 18.3 Å². The minimum Gasteiger partial charge on any atom is -0.406 e. The van der Waals surface area contributed by atoms with Gasteiger partial charge >= 0.3 is 12.4 Å². The van der Waals surface area contributed by atoms with Crippen molar-refractivity contribution in [1.82, 2.24) is 19.8 Å².